The monoisotopic (exact) mass is 237 g/mol. The number of hydrogen-bond donors (Lipinski definition) is 1. The Kier molecular flexibility index (Phi) is 2.87. The van der Waals surface area contributed by atoms with Gasteiger partial charge in [0.15, 0.2) is 0 Å². The van der Waals surface area contributed by atoms with E-state index in [0.717, 1.165) is 11.3 Å². The summed E-state index contributed by atoms with van der Waals surface area (Å²) in [6.45, 7) is 2.62. The van der Waals surface area contributed by atoms with Gasteiger partial charge in [0, 0.05) is 38.3 Å². The Bertz CT molecular complexity index is 467. The van der Waals surface area contributed by atoms with E-state index in [2.05, 4.69) is 5.10 Å². The van der Waals surface area contributed by atoms with Crippen LogP contribution in [0.25, 0.3) is 0 Å². The number of likely N-dealkylation sites (tertiary alicyclic amines) is 1. The number of carbonyl (C=O) groups is 2. The first-order valence-corrected chi connectivity index (χ1v) is 5.47. The van der Waals surface area contributed by atoms with Crippen LogP contribution < -0.4 is 0 Å². The van der Waals surface area contributed by atoms with E-state index < -0.39 is 11.9 Å². The van der Waals surface area contributed by atoms with Gasteiger partial charge in [0.2, 0.25) is 5.91 Å². The van der Waals surface area contributed by atoms with Crippen molar-refractivity contribution in [2.75, 3.05) is 6.54 Å². The summed E-state index contributed by atoms with van der Waals surface area (Å²) in [4.78, 5) is 24.1. The van der Waals surface area contributed by atoms with Crippen molar-refractivity contribution in [1.82, 2.24) is 14.7 Å². The van der Waals surface area contributed by atoms with Crippen LogP contribution in [0.5, 0.6) is 0 Å². The molecule has 0 aromatic carbocycles. The SMILES string of the molecule is Cc1nn(C)cc1CN1CC(C(=O)O)CC1=O. The quantitative estimate of drug-likeness (QED) is 0.812. The smallest absolute Gasteiger partial charge is 0.308 e. The molecule has 0 radical (unpaired) electrons. The second kappa shape index (κ2) is 4.20. The first kappa shape index (κ1) is 11.6. The molecule has 1 atom stereocenters. The second-order valence-corrected chi connectivity index (χ2v) is 4.43. The summed E-state index contributed by atoms with van der Waals surface area (Å²) in [7, 11) is 1.82. The minimum Gasteiger partial charge on any atom is -0.481 e. The molecule has 0 bridgehead atoms. The molecule has 2 heterocycles. The molecule has 1 aromatic heterocycles. The van der Waals surface area contributed by atoms with Crippen molar-refractivity contribution in [2.45, 2.75) is 19.9 Å². The number of rotatable bonds is 3. The molecule has 1 N–H and O–H groups in total. The lowest BCUT2D eigenvalue weighted by Gasteiger charge is -2.15. The number of hydrogen-bond acceptors (Lipinski definition) is 3. The topological polar surface area (TPSA) is 75.4 Å². The van der Waals surface area contributed by atoms with Crippen molar-refractivity contribution < 1.29 is 14.7 Å². The summed E-state index contributed by atoms with van der Waals surface area (Å²) in [6, 6.07) is 0. The van der Waals surface area contributed by atoms with E-state index in [1.807, 2.05) is 20.2 Å². The summed E-state index contributed by atoms with van der Waals surface area (Å²) in [5.41, 5.74) is 1.84. The molecule has 6 heteroatoms. The molecule has 1 aliphatic heterocycles. The Balaban J connectivity index is 2.07. The minimum atomic E-state index is -0.899. The predicted octanol–water partition coefficient (Wildman–Crippen LogP) is 0.162. The lowest BCUT2D eigenvalue weighted by Crippen LogP contribution is -2.25. The van der Waals surface area contributed by atoms with Gasteiger partial charge < -0.3 is 10.0 Å². The van der Waals surface area contributed by atoms with Gasteiger partial charge in [0.05, 0.1) is 11.6 Å². The van der Waals surface area contributed by atoms with Gasteiger partial charge in [-0.2, -0.15) is 5.10 Å². The molecule has 1 fully saturated rings. The molecule has 0 saturated carbocycles. The maximum Gasteiger partial charge on any atom is 0.308 e. The summed E-state index contributed by atoms with van der Waals surface area (Å²) in [6.07, 6.45) is 1.96. The molecule has 92 valence electrons. The van der Waals surface area contributed by atoms with Gasteiger partial charge in [-0.3, -0.25) is 14.3 Å². The van der Waals surface area contributed by atoms with Crippen molar-refractivity contribution in [2.24, 2.45) is 13.0 Å². The zero-order chi connectivity index (χ0) is 12.6. The van der Waals surface area contributed by atoms with Crippen molar-refractivity contribution in [3.63, 3.8) is 0 Å². The Morgan fingerprint density at radius 3 is 2.82 bits per heavy atom. The summed E-state index contributed by atoms with van der Waals surface area (Å²) < 4.78 is 1.69. The van der Waals surface area contributed by atoms with Gasteiger partial charge in [-0.15, -0.1) is 0 Å². The predicted molar refractivity (Wildman–Crippen MR) is 59.1 cm³/mol. The third-order valence-corrected chi connectivity index (χ3v) is 3.04. The number of aromatic nitrogens is 2. The van der Waals surface area contributed by atoms with E-state index in [-0.39, 0.29) is 12.3 Å². The number of carboxylic acid groups (broad SMARTS) is 1. The first-order valence-electron chi connectivity index (χ1n) is 5.47. The highest BCUT2D eigenvalue weighted by atomic mass is 16.4. The zero-order valence-corrected chi connectivity index (χ0v) is 9.88. The highest BCUT2D eigenvalue weighted by molar-refractivity contribution is 5.86. The Hall–Kier alpha value is -1.85. The van der Waals surface area contributed by atoms with Gasteiger partial charge in [-0.25, -0.2) is 0 Å². The van der Waals surface area contributed by atoms with Crippen LogP contribution in [0.3, 0.4) is 0 Å². The molecule has 2 rings (SSSR count). The van der Waals surface area contributed by atoms with E-state index in [4.69, 9.17) is 5.11 Å². The van der Waals surface area contributed by atoms with Crippen molar-refractivity contribution in [3.8, 4) is 0 Å². The van der Waals surface area contributed by atoms with Crippen LogP contribution in [0.15, 0.2) is 6.20 Å². The molecule has 17 heavy (non-hydrogen) atoms. The van der Waals surface area contributed by atoms with Gasteiger partial charge in [0.25, 0.3) is 0 Å². The van der Waals surface area contributed by atoms with Gasteiger partial charge in [-0.1, -0.05) is 0 Å². The molecule has 1 aromatic rings. The van der Waals surface area contributed by atoms with E-state index in [9.17, 15) is 9.59 Å². The van der Waals surface area contributed by atoms with Crippen LogP contribution >= 0.6 is 0 Å². The van der Waals surface area contributed by atoms with E-state index in [0.29, 0.717) is 13.1 Å². The molecule has 1 unspecified atom stereocenters. The molecule has 0 spiro atoms. The average Bonchev–Trinajstić information content (AvgIpc) is 2.73. The number of aliphatic carboxylic acids is 1. The van der Waals surface area contributed by atoms with E-state index in [1.165, 1.54) is 0 Å². The number of aryl methyl sites for hydroxylation is 2. The molecule has 1 aliphatic rings. The standard InChI is InChI=1S/C11H15N3O3/c1-7-9(4-13(2)12-7)6-14-5-8(11(16)17)3-10(14)15/h4,8H,3,5-6H2,1-2H3,(H,16,17). The fourth-order valence-corrected chi connectivity index (χ4v) is 2.10. The van der Waals surface area contributed by atoms with Gasteiger partial charge in [0.1, 0.15) is 0 Å². The second-order valence-electron chi connectivity index (χ2n) is 4.43. The molecule has 6 nitrogen and oxygen atoms in total. The maximum absolute atomic E-state index is 11.6. The zero-order valence-electron chi connectivity index (χ0n) is 9.88. The minimum absolute atomic E-state index is 0.0966. The largest absolute Gasteiger partial charge is 0.481 e. The van der Waals surface area contributed by atoms with Gasteiger partial charge in [-0.05, 0) is 6.92 Å². The lowest BCUT2D eigenvalue weighted by molar-refractivity contribution is -0.141. The molecular weight excluding hydrogens is 222 g/mol. The number of amides is 1. The third-order valence-electron chi connectivity index (χ3n) is 3.04. The highest BCUT2D eigenvalue weighted by Gasteiger charge is 2.34. The van der Waals surface area contributed by atoms with Crippen LogP contribution in [-0.4, -0.2) is 38.2 Å². The van der Waals surface area contributed by atoms with Crippen LogP contribution in [0.1, 0.15) is 17.7 Å². The van der Waals surface area contributed by atoms with Crippen LogP contribution in [0.2, 0.25) is 0 Å². The van der Waals surface area contributed by atoms with Crippen LogP contribution in [0, 0.1) is 12.8 Å². The third kappa shape index (κ3) is 2.30. The fraction of sp³-hybridized carbons (Fsp3) is 0.545. The number of nitrogens with zero attached hydrogens (tertiary/aromatic N) is 3. The summed E-state index contributed by atoms with van der Waals surface area (Å²) in [5.74, 6) is -1.57. The molecular formula is C11H15N3O3. The molecule has 0 aliphatic carbocycles. The van der Waals surface area contributed by atoms with Crippen molar-refractivity contribution in [1.29, 1.82) is 0 Å². The average molecular weight is 237 g/mol. The van der Waals surface area contributed by atoms with E-state index in [1.54, 1.807) is 9.58 Å². The number of carbonyl (C=O) groups excluding carboxylic acids is 1. The van der Waals surface area contributed by atoms with Crippen molar-refractivity contribution >= 4 is 11.9 Å². The lowest BCUT2D eigenvalue weighted by atomic mass is 10.1. The van der Waals surface area contributed by atoms with Crippen molar-refractivity contribution in [3.05, 3.63) is 17.5 Å². The molecule has 1 amide bonds. The van der Waals surface area contributed by atoms with Crippen LogP contribution in [-0.2, 0) is 23.2 Å². The van der Waals surface area contributed by atoms with Gasteiger partial charge >= 0.3 is 5.97 Å². The first-order chi connectivity index (χ1) is 7.97. The maximum atomic E-state index is 11.6. The fourth-order valence-electron chi connectivity index (χ4n) is 2.10. The summed E-state index contributed by atoms with van der Waals surface area (Å²) >= 11 is 0. The van der Waals surface area contributed by atoms with E-state index >= 15 is 0 Å². The normalized spacial score (nSPS) is 20.0. The number of carboxylic acids is 1. The summed E-state index contributed by atoms with van der Waals surface area (Å²) in [5, 5.41) is 13.1. The van der Waals surface area contributed by atoms with Crippen LogP contribution in [0.4, 0.5) is 0 Å². The highest BCUT2D eigenvalue weighted by Crippen LogP contribution is 2.21. The Morgan fingerprint density at radius 2 is 2.35 bits per heavy atom. The Labute approximate surface area is 98.8 Å². The Morgan fingerprint density at radius 1 is 1.65 bits per heavy atom. The molecule has 1 saturated heterocycles.